The minimum Gasteiger partial charge on any atom is -0.0843 e. The second-order valence-electron chi connectivity index (χ2n) is 5.82. The van der Waals surface area contributed by atoms with E-state index in [-0.39, 0.29) is 0 Å². The molecule has 0 aliphatic heterocycles. The van der Waals surface area contributed by atoms with Gasteiger partial charge in [0, 0.05) is 10.0 Å². The normalized spacial score (nSPS) is 11.2. The quantitative estimate of drug-likeness (QED) is 0.388. The molecule has 0 bridgehead atoms. The van der Waals surface area contributed by atoms with Gasteiger partial charge in [0.1, 0.15) is 0 Å². The average Bonchev–Trinajstić information content (AvgIpc) is 2.65. The van der Waals surface area contributed by atoms with Crippen LogP contribution in [0.1, 0.15) is 0 Å². The molecular formula is C22H15Cl2P. The number of benzene rings is 4. The highest BCUT2D eigenvalue weighted by Gasteiger charge is 2.17. The minimum absolute atomic E-state index is 0.661. The zero-order valence-corrected chi connectivity index (χ0v) is 15.8. The van der Waals surface area contributed by atoms with Gasteiger partial charge in [0.15, 0.2) is 0 Å². The van der Waals surface area contributed by atoms with Gasteiger partial charge in [-0.05, 0) is 64.9 Å². The van der Waals surface area contributed by atoms with Crippen LogP contribution in [-0.2, 0) is 0 Å². The highest BCUT2D eigenvalue weighted by atomic mass is 35.5. The minimum atomic E-state index is -0.661. The molecule has 25 heavy (non-hydrogen) atoms. The van der Waals surface area contributed by atoms with Crippen molar-refractivity contribution in [2.75, 3.05) is 0 Å². The number of fused-ring (bicyclic) bond motifs is 1. The fraction of sp³-hybridized carbons (Fsp3) is 0. The molecule has 4 aromatic carbocycles. The molecule has 3 heteroatoms. The summed E-state index contributed by atoms with van der Waals surface area (Å²) in [4.78, 5) is 0. The van der Waals surface area contributed by atoms with Crippen molar-refractivity contribution in [2.45, 2.75) is 0 Å². The van der Waals surface area contributed by atoms with E-state index in [0.29, 0.717) is 0 Å². The molecule has 4 aromatic rings. The van der Waals surface area contributed by atoms with Crippen LogP contribution in [0.3, 0.4) is 0 Å². The van der Waals surface area contributed by atoms with Crippen molar-refractivity contribution in [3.8, 4) is 0 Å². The van der Waals surface area contributed by atoms with E-state index >= 15 is 0 Å². The zero-order valence-electron chi connectivity index (χ0n) is 13.4. The molecule has 0 aliphatic carbocycles. The van der Waals surface area contributed by atoms with E-state index in [1.807, 2.05) is 24.3 Å². The summed E-state index contributed by atoms with van der Waals surface area (Å²) >= 11 is 12.2. The predicted molar refractivity (Wildman–Crippen MR) is 113 cm³/mol. The Hall–Kier alpha value is -1.85. The summed E-state index contributed by atoms with van der Waals surface area (Å²) in [5.74, 6) is 0. The largest absolute Gasteiger partial charge is 0.0843 e. The third kappa shape index (κ3) is 3.58. The van der Waals surface area contributed by atoms with Crippen LogP contribution in [0, 0.1) is 0 Å². The van der Waals surface area contributed by atoms with E-state index < -0.39 is 7.92 Å². The van der Waals surface area contributed by atoms with Gasteiger partial charge >= 0.3 is 0 Å². The highest BCUT2D eigenvalue weighted by Crippen LogP contribution is 2.34. The molecule has 4 rings (SSSR count). The standard InChI is InChI=1S/C22H15Cl2P/c23-18-6-11-20(12-7-18)25(21-13-8-19(24)9-14-21)22-10-5-16-3-1-2-4-17(16)15-22/h1-15H. The van der Waals surface area contributed by atoms with Crippen LogP contribution in [0.5, 0.6) is 0 Å². The molecule has 0 radical (unpaired) electrons. The molecule has 0 aliphatic rings. The molecule has 0 spiro atoms. The van der Waals surface area contributed by atoms with E-state index in [4.69, 9.17) is 23.2 Å². The Morgan fingerprint density at radius 1 is 0.480 bits per heavy atom. The molecule has 0 saturated carbocycles. The maximum Gasteiger partial charge on any atom is 0.0406 e. The summed E-state index contributed by atoms with van der Waals surface area (Å²) in [6.07, 6.45) is 0. The van der Waals surface area contributed by atoms with Crippen molar-refractivity contribution >= 4 is 57.8 Å². The van der Waals surface area contributed by atoms with E-state index in [1.54, 1.807) is 0 Å². The van der Waals surface area contributed by atoms with E-state index in [9.17, 15) is 0 Å². The molecule has 0 unspecified atom stereocenters. The second kappa shape index (κ2) is 7.18. The van der Waals surface area contributed by atoms with Crippen LogP contribution in [0.15, 0.2) is 91.0 Å². The first kappa shape index (κ1) is 16.6. The molecule has 0 nitrogen and oxygen atoms in total. The maximum absolute atomic E-state index is 6.10. The molecule has 0 fully saturated rings. The molecule has 0 atom stereocenters. The van der Waals surface area contributed by atoms with Gasteiger partial charge in [-0.2, -0.15) is 0 Å². The van der Waals surface area contributed by atoms with Crippen molar-refractivity contribution in [1.29, 1.82) is 0 Å². The summed E-state index contributed by atoms with van der Waals surface area (Å²) in [5.41, 5.74) is 0. The Labute approximate surface area is 158 Å². The Balaban J connectivity index is 1.88. The monoisotopic (exact) mass is 380 g/mol. The van der Waals surface area contributed by atoms with Gasteiger partial charge in [0.25, 0.3) is 0 Å². The number of hydrogen-bond acceptors (Lipinski definition) is 0. The zero-order chi connectivity index (χ0) is 17.2. The average molecular weight is 381 g/mol. The van der Waals surface area contributed by atoms with Crippen LogP contribution in [0.25, 0.3) is 10.8 Å². The Morgan fingerprint density at radius 3 is 1.52 bits per heavy atom. The Kier molecular flexibility index (Phi) is 4.77. The van der Waals surface area contributed by atoms with Crippen molar-refractivity contribution in [1.82, 2.24) is 0 Å². The van der Waals surface area contributed by atoms with E-state index in [0.717, 1.165) is 10.0 Å². The van der Waals surface area contributed by atoms with Crippen molar-refractivity contribution < 1.29 is 0 Å². The van der Waals surface area contributed by atoms with Gasteiger partial charge in [0.2, 0.25) is 0 Å². The molecular weight excluding hydrogens is 366 g/mol. The first-order valence-corrected chi connectivity index (χ1v) is 10.1. The predicted octanol–water partition coefficient (Wildman–Crippen LogP) is 5.90. The number of halogens is 2. The highest BCUT2D eigenvalue weighted by molar-refractivity contribution is 7.79. The molecule has 0 aromatic heterocycles. The number of rotatable bonds is 3. The van der Waals surface area contributed by atoms with Crippen LogP contribution >= 0.6 is 31.1 Å². The SMILES string of the molecule is Clc1ccc(P(c2ccc(Cl)cc2)c2ccc3ccccc3c2)cc1. The van der Waals surface area contributed by atoms with Crippen LogP contribution in [0.2, 0.25) is 10.0 Å². The van der Waals surface area contributed by atoms with Crippen molar-refractivity contribution in [3.63, 3.8) is 0 Å². The third-order valence-electron chi connectivity index (χ3n) is 4.16. The first-order valence-electron chi connectivity index (χ1n) is 8.01. The van der Waals surface area contributed by atoms with E-state index in [2.05, 4.69) is 66.7 Å². The lowest BCUT2D eigenvalue weighted by Crippen LogP contribution is -2.20. The number of hydrogen-bond donors (Lipinski definition) is 0. The fourth-order valence-electron chi connectivity index (χ4n) is 2.94. The molecule has 0 heterocycles. The fourth-order valence-corrected chi connectivity index (χ4v) is 5.48. The van der Waals surface area contributed by atoms with Crippen LogP contribution in [0.4, 0.5) is 0 Å². The summed E-state index contributed by atoms with van der Waals surface area (Å²) in [6, 6.07) is 31.5. The lowest BCUT2D eigenvalue weighted by molar-refractivity contribution is 1.74. The molecule has 0 saturated heterocycles. The van der Waals surface area contributed by atoms with Crippen molar-refractivity contribution in [2.24, 2.45) is 0 Å². The van der Waals surface area contributed by atoms with Gasteiger partial charge in [-0.25, -0.2) is 0 Å². The van der Waals surface area contributed by atoms with Gasteiger partial charge in [-0.15, -0.1) is 0 Å². The summed E-state index contributed by atoms with van der Waals surface area (Å²) in [6.45, 7) is 0. The summed E-state index contributed by atoms with van der Waals surface area (Å²) in [5, 5.41) is 7.90. The van der Waals surface area contributed by atoms with Crippen LogP contribution in [-0.4, -0.2) is 0 Å². The topological polar surface area (TPSA) is 0 Å². The Bertz CT molecular complexity index is 963. The third-order valence-corrected chi connectivity index (χ3v) is 7.09. The van der Waals surface area contributed by atoms with Gasteiger partial charge in [-0.1, -0.05) is 83.9 Å². The first-order chi connectivity index (χ1) is 12.2. The maximum atomic E-state index is 6.10. The van der Waals surface area contributed by atoms with Gasteiger partial charge < -0.3 is 0 Å². The summed E-state index contributed by atoms with van der Waals surface area (Å²) in [7, 11) is -0.661. The molecule has 122 valence electrons. The molecule has 0 amide bonds. The van der Waals surface area contributed by atoms with E-state index in [1.165, 1.54) is 26.7 Å². The lowest BCUT2D eigenvalue weighted by Gasteiger charge is -2.20. The van der Waals surface area contributed by atoms with Gasteiger partial charge in [-0.3, -0.25) is 0 Å². The molecule has 0 N–H and O–H groups in total. The Morgan fingerprint density at radius 2 is 0.960 bits per heavy atom. The lowest BCUT2D eigenvalue weighted by atomic mass is 10.1. The van der Waals surface area contributed by atoms with Gasteiger partial charge in [0.05, 0.1) is 0 Å². The summed E-state index contributed by atoms with van der Waals surface area (Å²) < 4.78 is 0. The van der Waals surface area contributed by atoms with Crippen molar-refractivity contribution in [3.05, 3.63) is 101 Å². The second-order valence-corrected chi connectivity index (χ2v) is 8.91. The van der Waals surface area contributed by atoms with Crippen LogP contribution < -0.4 is 15.9 Å². The smallest absolute Gasteiger partial charge is 0.0406 e.